The van der Waals surface area contributed by atoms with Gasteiger partial charge in [0.2, 0.25) is 0 Å². The van der Waals surface area contributed by atoms with Gasteiger partial charge in [0.05, 0.1) is 0 Å². The summed E-state index contributed by atoms with van der Waals surface area (Å²) < 4.78 is 7.12. The Hall–Kier alpha value is -2.10. The van der Waals surface area contributed by atoms with Gasteiger partial charge in [0.25, 0.3) is 0 Å². The highest BCUT2D eigenvalue weighted by atomic mass is 16.6. The van der Waals surface area contributed by atoms with Crippen molar-refractivity contribution in [3.8, 4) is 0 Å². The van der Waals surface area contributed by atoms with Crippen LogP contribution in [-0.2, 0) is 14.3 Å². The van der Waals surface area contributed by atoms with E-state index in [1.54, 1.807) is 0 Å². The molecule has 50 heavy (non-hydrogen) atoms. The molecule has 4 N–H and O–H groups in total. The molecule has 1 saturated heterocycles. The molecule has 9 heteroatoms. The molecule has 0 spiro atoms. The maximum Gasteiger partial charge on any atom is 0.351 e. The van der Waals surface area contributed by atoms with Gasteiger partial charge >= 0.3 is 5.69 Å². The predicted molar refractivity (Wildman–Crippen MR) is 203 cm³/mol. The summed E-state index contributed by atoms with van der Waals surface area (Å²) in [5, 5.41) is 22.9. The van der Waals surface area contributed by atoms with Gasteiger partial charge in [0.1, 0.15) is 24.3 Å². The highest BCUT2D eigenvalue weighted by Gasteiger charge is 2.56. The minimum Gasteiger partial charge on any atom is -0.383 e. The summed E-state index contributed by atoms with van der Waals surface area (Å²) in [5.41, 5.74) is 2.88. The van der Waals surface area contributed by atoms with Gasteiger partial charge < -0.3 is 20.7 Å². The summed E-state index contributed by atoms with van der Waals surface area (Å²) >= 11 is 0. The number of rotatable bonds is 32. The maximum absolute atomic E-state index is 13.5. The topological polar surface area (TPSA) is 145 Å². The van der Waals surface area contributed by atoms with E-state index in [2.05, 4.69) is 18.8 Å². The Morgan fingerprint density at radius 3 is 1.58 bits per heavy atom. The maximum atomic E-state index is 13.5. The largest absolute Gasteiger partial charge is 0.383 e. The summed E-state index contributed by atoms with van der Waals surface area (Å²) in [5.74, 6) is -0.867. The van der Waals surface area contributed by atoms with Crippen LogP contribution in [0.4, 0.5) is 5.82 Å². The number of nitrogens with two attached hydrogens (primary N) is 1. The van der Waals surface area contributed by atoms with E-state index >= 15 is 0 Å². The second kappa shape index (κ2) is 26.6. The van der Waals surface area contributed by atoms with Crippen molar-refractivity contribution in [3.05, 3.63) is 22.7 Å². The van der Waals surface area contributed by atoms with Gasteiger partial charge in [-0.1, -0.05) is 168 Å². The van der Waals surface area contributed by atoms with Crippen LogP contribution in [0.1, 0.15) is 206 Å². The van der Waals surface area contributed by atoms with E-state index < -0.39 is 41.3 Å². The highest BCUT2D eigenvalue weighted by Crippen LogP contribution is 2.40. The van der Waals surface area contributed by atoms with Crippen molar-refractivity contribution in [1.82, 2.24) is 9.55 Å². The minimum absolute atomic E-state index is 0.0440. The van der Waals surface area contributed by atoms with Crippen molar-refractivity contribution in [3.63, 3.8) is 0 Å². The minimum atomic E-state index is -2.09. The number of Topliss-reactive ketones (excluding diaryl/α,β-unsaturated/α-hetero) is 2. The molecule has 288 valence electrons. The Labute approximate surface area is 303 Å². The van der Waals surface area contributed by atoms with Gasteiger partial charge in [0.15, 0.2) is 17.2 Å². The molecule has 0 aliphatic carbocycles. The zero-order valence-electron chi connectivity index (χ0n) is 31.9. The van der Waals surface area contributed by atoms with E-state index in [4.69, 9.17) is 10.5 Å². The first kappa shape index (κ1) is 44.1. The number of ketones is 2. The van der Waals surface area contributed by atoms with Gasteiger partial charge in [-0.2, -0.15) is 4.98 Å². The molecule has 9 nitrogen and oxygen atoms in total. The van der Waals surface area contributed by atoms with Crippen LogP contribution >= 0.6 is 0 Å². The third kappa shape index (κ3) is 16.9. The van der Waals surface area contributed by atoms with Crippen molar-refractivity contribution in [2.45, 2.75) is 224 Å². The Bertz CT molecular complexity index is 1110. The number of anilines is 1. The Kier molecular flexibility index (Phi) is 23.5. The van der Waals surface area contributed by atoms with Crippen LogP contribution < -0.4 is 11.4 Å². The van der Waals surface area contributed by atoms with Crippen LogP contribution in [0.25, 0.3) is 0 Å². The van der Waals surface area contributed by atoms with E-state index in [9.17, 15) is 24.6 Å². The van der Waals surface area contributed by atoms with Crippen molar-refractivity contribution >= 4 is 17.4 Å². The van der Waals surface area contributed by atoms with Gasteiger partial charge in [-0.05, 0) is 18.9 Å². The van der Waals surface area contributed by atoms with Crippen LogP contribution in [-0.4, -0.2) is 49.1 Å². The van der Waals surface area contributed by atoms with Crippen molar-refractivity contribution < 1.29 is 24.5 Å². The lowest BCUT2D eigenvalue weighted by atomic mass is 9.83. The Morgan fingerprint density at radius 1 is 0.760 bits per heavy atom. The molecule has 0 saturated carbocycles. The highest BCUT2D eigenvalue weighted by molar-refractivity contribution is 5.91. The second-order valence-corrected chi connectivity index (χ2v) is 15.0. The van der Waals surface area contributed by atoms with Crippen LogP contribution in [0, 0.1) is 0 Å². The van der Waals surface area contributed by atoms with Gasteiger partial charge in [0, 0.05) is 25.5 Å². The van der Waals surface area contributed by atoms with E-state index in [1.807, 2.05) is 0 Å². The standard InChI is InChI=1S/C41H73N3O6/c1-3-5-7-9-11-13-15-17-19-21-23-25-27-29-34(45)38(47)39-41(49,33-37(50-39)44-32-31-36(42)43-40(44)48)35(46)30-28-26-24-22-20-18-16-14-12-10-8-6-4-2/h31-32,37-39,47,49H,3-30,33H2,1-2H3,(H2,42,43,48)/t37-,38?,39-,41-/m1/s1. The van der Waals surface area contributed by atoms with Crippen molar-refractivity contribution in [2.75, 3.05) is 5.73 Å². The number of carbonyl (C=O) groups excluding carboxylic acids is 2. The normalized spacial score (nSPS) is 19.6. The summed E-state index contributed by atoms with van der Waals surface area (Å²) in [7, 11) is 0. The lowest BCUT2D eigenvalue weighted by molar-refractivity contribution is -0.160. The van der Waals surface area contributed by atoms with E-state index in [1.165, 1.54) is 128 Å². The second-order valence-electron chi connectivity index (χ2n) is 15.0. The molecule has 0 aromatic carbocycles. The van der Waals surface area contributed by atoms with Crippen molar-refractivity contribution in [1.29, 1.82) is 0 Å². The monoisotopic (exact) mass is 704 g/mol. The fourth-order valence-corrected chi connectivity index (χ4v) is 7.28. The number of aliphatic hydroxyl groups excluding tert-OH is 1. The number of nitrogen functional groups attached to an aromatic ring is 1. The summed E-state index contributed by atoms with van der Waals surface area (Å²) in [4.78, 5) is 43.0. The molecule has 1 aliphatic heterocycles. The predicted octanol–water partition coefficient (Wildman–Crippen LogP) is 9.31. The number of aliphatic hydroxyl groups is 2. The molecular formula is C41H73N3O6. The first-order chi connectivity index (χ1) is 24.2. The molecular weight excluding hydrogens is 630 g/mol. The van der Waals surface area contributed by atoms with Crippen LogP contribution in [0.3, 0.4) is 0 Å². The summed E-state index contributed by atoms with van der Waals surface area (Å²) in [6.07, 6.45) is 28.0. The zero-order valence-corrected chi connectivity index (χ0v) is 31.9. The number of nitrogens with zero attached hydrogens (tertiary/aromatic N) is 2. The first-order valence-corrected chi connectivity index (χ1v) is 20.7. The van der Waals surface area contributed by atoms with E-state index in [0.717, 1.165) is 43.1 Å². The Morgan fingerprint density at radius 2 is 1.16 bits per heavy atom. The van der Waals surface area contributed by atoms with Crippen molar-refractivity contribution in [2.24, 2.45) is 0 Å². The fraction of sp³-hybridized carbons (Fsp3) is 0.854. The lowest BCUT2D eigenvalue weighted by Gasteiger charge is -2.29. The molecule has 2 rings (SSSR count). The molecule has 4 atom stereocenters. The molecule has 0 bridgehead atoms. The first-order valence-electron chi connectivity index (χ1n) is 20.7. The molecule has 1 aromatic rings. The SMILES string of the molecule is CCCCCCCCCCCCCCCC(=O)C(O)[C@H]1O[C@@H](n2ccc(N)nc2=O)C[C@@]1(O)C(=O)CCCCCCCCCCCCCCC. The number of ether oxygens (including phenoxy) is 1. The summed E-state index contributed by atoms with van der Waals surface area (Å²) in [6.45, 7) is 4.49. The van der Waals surface area contributed by atoms with Crippen LogP contribution in [0.2, 0.25) is 0 Å². The molecule has 1 aliphatic rings. The number of carbonyl (C=O) groups is 2. The lowest BCUT2D eigenvalue weighted by Crippen LogP contribution is -2.53. The molecule has 1 fully saturated rings. The van der Waals surface area contributed by atoms with Crippen LogP contribution in [0.5, 0.6) is 0 Å². The fourth-order valence-electron chi connectivity index (χ4n) is 7.28. The van der Waals surface area contributed by atoms with E-state index in [0.29, 0.717) is 12.8 Å². The Balaban J connectivity index is 1.78. The van der Waals surface area contributed by atoms with Crippen LogP contribution in [0.15, 0.2) is 17.1 Å². The molecule has 0 radical (unpaired) electrons. The van der Waals surface area contributed by atoms with Gasteiger partial charge in [-0.25, -0.2) is 4.79 Å². The van der Waals surface area contributed by atoms with Gasteiger partial charge in [-0.3, -0.25) is 14.2 Å². The number of unbranched alkanes of at least 4 members (excludes halogenated alkanes) is 24. The van der Waals surface area contributed by atoms with E-state index in [-0.39, 0.29) is 25.1 Å². The summed E-state index contributed by atoms with van der Waals surface area (Å²) in [6, 6.07) is 1.43. The smallest absolute Gasteiger partial charge is 0.351 e. The molecule has 2 heterocycles. The quantitative estimate of drug-likeness (QED) is 0.0630. The zero-order chi connectivity index (χ0) is 36.5. The molecule has 0 amide bonds. The average Bonchev–Trinajstić information content (AvgIpc) is 3.46. The number of hydrogen-bond acceptors (Lipinski definition) is 8. The third-order valence-electron chi connectivity index (χ3n) is 10.6. The number of hydrogen-bond donors (Lipinski definition) is 3. The third-order valence-corrected chi connectivity index (χ3v) is 10.6. The molecule has 1 aromatic heterocycles. The van der Waals surface area contributed by atoms with Gasteiger partial charge in [-0.15, -0.1) is 0 Å². The molecule has 1 unspecified atom stereocenters. The average molecular weight is 704 g/mol. The number of aromatic nitrogens is 2.